The summed E-state index contributed by atoms with van der Waals surface area (Å²) in [5, 5.41) is 21.1. The Hall–Kier alpha value is -3.62. The largest absolute Gasteiger partial charge is 0.457 e. The van der Waals surface area contributed by atoms with Crippen LogP contribution in [0.25, 0.3) is 21.9 Å². The molecule has 0 bridgehead atoms. The second kappa shape index (κ2) is 8.55. The minimum absolute atomic E-state index is 0.0227. The van der Waals surface area contributed by atoms with Gasteiger partial charge in [0.05, 0.1) is 24.7 Å². The Morgan fingerprint density at radius 2 is 1.63 bits per heavy atom. The molecule has 3 aliphatic rings. The molecule has 0 spiro atoms. The Bertz CT molecular complexity index is 1370. The first-order valence-corrected chi connectivity index (χ1v) is 11.7. The van der Waals surface area contributed by atoms with Crippen LogP contribution in [-0.4, -0.2) is 28.9 Å². The first-order chi connectivity index (χ1) is 17.1. The lowest BCUT2D eigenvalue weighted by molar-refractivity contribution is -0.138. The van der Waals surface area contributed by atoms with Gasteiger partial charge in [0, 0.05) is 16.5 Å². The van der Waals surface area contributed by atoms with Crippen molar-refractivity contribution in [2.45, 2.75) is 45.5 Å². The number of ether oxygens (including phenoxy) is 4. The molecular formula is C27H24O8. The number of carbonyl (C=O) groups is 2. The molecule has 2 N–H and O–H groups in total. The van der Waals surface area contributed by atoms with Crippen LogP contribution in [0.15, 0.2) is 30.3 Å². The molecule has 0 amide bonds. The molecular weight excluding hydrogens is 452 g/mol. The van der Waals surface area contributed by atoms with Crippen LogP contribution in [0, 0.1) is 5.92 Å². The van der Waals surface area contributed by atoms with Gasteiger partial charge in [-0.15, -0.1) is 0 Å². The van der Waals surface area contributed by atoms with Crippen LogP contribution < -0.4 is 14.2 Å². The molecule has 6 rings (SSSR count). The second-order valence-electron chi connectivity index (χ2n) is 9.09. The average molecular weight is 476 g/mol. The van der Waals surface area contributed by atoms with E-state index in [1.54, 1.807) is 24.3 Å². The molecule has 8 nitrogen and oxygen atoms in total. The minimum Gasteiger partial charge on any atom is -0.457 e. The van der Waals surface area contributed by atoms with Crippen molar-refractivity contribution in [2.75, 3.05) is 6.79 Å². The maximum absolute atomic E-state index is 13.0. The maximum atomic E-state index is 13.0. The van der Waals surface area contributed by atoms with Gasteiger partial charge >= 0.3 is 11.9 Å². The molecule has 180 valence electrons. The van der Waals surface area contributed by atoms with E-state index < -0.39 is 5.97 Å². The first kappa shape index (κ1) is 21.9. The van der Waals surface area contributed by atoms with Crippen LogP contribution in [0.1, 0.15) is 52.7 Å². The van der Waals surface area contributed by atoms with Crippen molar-refractivity contribution >= 4 is 22.7 Å². The molecule has 3 aromatic rings. The highest BCUT2D eigenvalue weighted by Crippen LogP contribution is 2.47. The van der Waals surface area contributed by atoms with Gasteiger partial charge in [-0.3, -0.25) is 4.79 Å². The summed E-state index contributed by atoms with van der Waals surface area (Å²) in [5.41, 5.74) is 3.15. The van der Waals surface area contributed by atoms with E-state index in [1.165, 1.54) is 0 Å². The zero-order chi connectivity index (χ0) is 24.1. The number of aliphatic hydroxyl groups is 2. The minimum atomic E-state index is -0.510. The Morgan fingerprint density at radius 1 is 0.914 bits per heavy atom. The summed E-state index contributed by atoms with van der Waals surface area (Å²) in [4.78, 5) is 26.0. The summed E-state index contributed by atoms with van der Waals surface area (Å²) in [6.07, 6.45) is 3.52. The lowest BCUT2D eigenvalue weighted by Crippen LogP contribution is -2.19. The standard InChI is InChI=1S/C27H24O8/c28-10-16-7-18-19(8-17(16)11-29)25(35-26(30)14-3-1-2-4-14)20-12-32-27(31)24(20)23(18)15-5-6-21-22(9-15)34-13-33-21/h5-9,14,28-29H,1-4,10-13H2. The molecule has 0 saturated heterocycles. The van der Waals surface area contributed by atoms with Crippen LogP contribution >= 0.6 is 0 Å². The van der Waals surface area contributed by atoms with Crippen molar-refractivity contribution in [1.82, 2.24) is 0 Å². The smallest absolute Gasteiger partial charge is 0.339 e. The average Bonchev–Trinajstić information content (AvgIpc) is 3.64. The molecule has 1 saturated carbocycles. The van der Waals surface area contributed by atoms with E-state index in [1.807, 2.05) is 6.07 Å². The van der Waals surface area contributed by atoms with Crippen LogP contribution in [0.3, 0.4) is 0 Å². The molecule has 0 radical (unpaired) electrons. The van der Waals surface area contributed by atoms with Crippen molar-refractivity contribution in [3.05, 3.63) is 52.6 Å². The van der Waals surface area contributed by atoms with Crippen LogP contribution in [0.4, 0.5) is 0 Å². The Morgan fingerprint density at radius 3 is 2.37 bits per heavy atom. The van der Waals surface area contributed by atoms with E-state index in [9.17, 15) is 19.8 Å². The Labute approximate surface area is 201 Å². The van der Waals surface area contributed by atoms with E-state index in [2.05, 4.69) is 0 Å². The lowest BCUT2D eigenvalue weighted by atomic mass is 9.87. The number of rotatable bonds is 5. The molecule has 2 aliphatic heterocycles. The number of cyclic esters (lactones) is 1. The third-order valence-corrected chi connectivity index (χ3v) is 7.12. The lowest BCUT2D eigenvalue weighted by Gasteiger charge is -2.19. The number of benzene rings is 3. The number of fused-ring (bicyclic) bond motifs is 3. The van der Waals surface area contributed by atoms with Crippen molar-refractivity contribution in [3.8, 4) is 28.4 Å². The third-order valence-electron chi connectivity index (χ3n) is 7.12. The number of hydrogen-bond acceptors (Lipinski definition) is 8. The van der Waals surface area contributed by atoms with E-state index in [4.69, 9.17) is 18.9 Å². The fourth-order valence-electron chi connectivity index (χ4n) is 5.33. The Kier molecular flexibility index (Phi) is 5.35. The number of esters is 2. The van der Waals surface area contributed by atoms with E-state index in [0.29, 0.717) is 55.7 Å². The van der Waals surface area contributed by atoms with Gasteiger partial charge in [-0.2, -0.15) is 0 Å². The highest BCUT2D eigenvalue weighted by molar-refractivity contribution is 6.14. The fraction of sp³-hybridized carbons (Fsp3) is 0.333. The molecule has 1 aliphatic carbocycles. The normalized spacial score (nSPS) is 16.6. The summed E-state index contributed by atoms with van der Waals surface area (Å²) >= 11 is 0. The molecule has 0 atom stereocenters. The summed E-state index contributed by atoms with van der Waals surface area (Å²) in [6.45, 7) is -0.506. The number of carbonyl (C=O) groups excluding carboxylic acids is 2. The van der Waals surface area contributed by atoms with E-state index >= 15 is 0 Å². The van der Waals surface area contributed by atoms with Crippen molar-refractivity contribution in [1.29, 1.82) is 0 Å². The van der Waals surface area contributed by atoms with Crippen LogP contribution in [-0.2, 0) is 29.4 Å². The molecule has 2 heterocycles. The molecule has 35 heavy (non-hydrogen) atoms. The predicted octanol–water partition coefficient (Wildman–Crippen LogP) is 3.99. The molecule has 0 unspecified atom stereocenters. The summed E-state index contributed by atoms with van der Waals surface area (Å²) < 4.78 is 22.4. The fourth-order valence-corrected chi connectivity index (χ4v) is 5.33. The molecule has 8 heteroatoms. The van der Waals surface area contributed by atoms with Gasteiger partial charge in [0.25, 0.3) is 0 Å². The highest BCUT2D eigenvalue weighted by atomic mass is 16.7. The summed E-state index contributed by atoms with van der Waals surface area (Å²) in [6, 6.07) is 8.86. The molecule has 3 aromatic carbocycles. The SMILES string of the molecule is O=C1OCc2c1c(-c1ccc3c(c1)OCO3)c1cc(CO)c(CO)cc1c2OC(=O)C1CCCC1. The van der Waals surface area contributed by atoms with Crippen molar-refractivity contribution in [3.63, 3.8) is 0 Å². The van der Waals surface area contributed by atoms with Gasteiger partial charge in [0.1, 0.15) is 12.4 Å². The zero-order valence-electron chi connectivity index (χ0n) is 19.0. The summed E-state index contributed by atoms with van der Waals surface area (Å²) in [7, 11) is 0. The van der Waals surface area contributed by atoms with Gasteiger partial charge in [-0.1, -0.05) is 18.9 Å². The van der Waals surface area contributed by atoms with Gasteiger partial charge in [-0.25, -0.2) is 4.79 Å². The van der Waals surface area contributed by atoms with E-state index in [-0.39, 0.29) is 44.3 Å². The predicted molar refractivity (Wildman–Crippen MR) is 124 cm³/mol. The second-order valence-corrected chi connectivity index (χ2v) is 9.09. The number of hydrogen-bond donors (Lipinski definition) is 2. The quantitative estimate of drug-likeness (QED) is 0.420. The van der Waals surface area contributed by atoms with Crippen LogP contribution in [0.5, 0.6) is 17.2 Å². The highest BCUT2D eigenvalue weighted by Gasteiger charge is 2.35. The van der Waals surface area contributed by atoms with Gasteiger partial charge in [-0.05, 0) is 59.2 Å². The summed E-state index contributed by atoms with van der Waals surface area (Å²) in [5.74, 6) is 0.435. The Balaban J connectivity index is 1.63. The van der Waals surface area contributed by atoms with Crippen molar-refractivity contribution in [2.24, 2.45) is 5.92 Å². The zero-order valence-corrected chi connectivity index (χ0v) is 19.0. The van der Waals surface area contributed by atoms with E-state index in [0.717, 1.165) is 25.7 Å². The van der Waals surface area contributed by atoms with Crippen LogP contribution in [0.2, 0.25) is 0 Å². The first-order valence-electron chi connectivity index (χ1n) is 11.7. The third kappa shape index (κ3) is 3.52. The maximum Gasteiger partial charge on any atom is 0.339 e. The monoisotopic (exact) mass is 476 g/mol. The topological polar surface area (TPSA) is 112 Å². The van der Waals surface area contributed by atoms with Gasteiger partial charge in [0.2, 0.25) is 6.79 Å². The van der Waals surface area contributed by atoms with Gasteiger partial charge < -0.3 is 29.2 Å². The molecule has 1 fully saturated rings. The number of aliphatic hydroxyl groups excluding tert-OH is 2. The van der Waals surface area contributed by atoms with Gasteiger partial charge in [0.15, 0.2) is 11.5 Å². The molecule has 0 aromatic heterocycles. The van der Waals surface area contributed by atoms with Crippen molar-refractivity contribution < 1.29 is 38.7 Å².